The number of piperidine rings is 1. The average Bonchev–Trinajstić information content (AvgIpc) is 3.62. The summed E-state index contributed by atoms with van der Waals surface area (Å²) >= 11 is 0. The molecule has 1 amide bonds. The molecule has 0 saturated carbocycles. The molecule has 0 radical (unpaired) electrons. The van der Waals surface area contributed by atoms with E-state index in [-0.39, 0.29) is 11.7 Å². The van der Waals surface area contributed by atoms with Crippen LogP contribution in [0.15, 0.2) is 67.3 Å². The fourth-order valence-corrected chi connectivity index (χ4v) is 5.37. The summed E-state index contributed by atoms with van der Waals surface area (Å²) in [5, 5.41) is 14.5. The third-order valence-corrected chi connectivity index (χ3v) is 7.46. The lowest BCUT2D eigenvalue weighted by molar-refractivity contribution is -0.117. The van der Waals surface area contributed by atoms with Crippen molar-refractivity contribution < 1.29 is 9.18 Å². The molecule has 11 heteroatoms. The Kier molecular flexibility index (Phi) is 6.40. The molecule has 1 aromatic carbocycles. The lowest BCUT2D eigenvalue weighted by Crippen LogP contribution is -2.30. The summed E-state index contributed by atoms with van der Waals surface area (Å²) in [5.41, 5.74) is 5.51. The van der Waals surface area contributed by atoms with Crippen molar-refractivity contribution in [2.75, 3.05) is 18.4 Å². The van der Waals surface area contributed by atoms with Crippen molar-refractivity contribution in [1.29, 1.82) is 0 Å². The van der Waals surface area contributed by atoms with E-state index >= 15 is 0 Å². The molecule has 1 fully saturated rings. The van der Waals surface area contributed by atoms with E-state index in [1.807, 2.05) is 12.1 Å². The highest BCUT2D eigenvalue weighted by Crippen LogP contribution is 2.32. The number of hydrogen-bond acceptors (Lipinski definition) is 7. The number of fused-ring (bicyclic) bond motifs is 2. The molecule has 7 rings (SSSR count). The van der Waals surface area contributed by atoms with Crippen molar-refractivity contribution >= 4 is 33.7 Å². The van der Waals surface area contributed by atoms with Crippen LogP contribution in [-0.4, -0.2) is 54.1 Å². The zero-order chi connectivity index (χ0) is 27.8. The molecule has 6 aromatic rings. The van der Waals surface area contributed by atoms with Gasteiger partial charge in [-0.15, -0.1) is 0 Å². The van der Waals surface area contributed by atoms with Crippen LogP contribution < -0.4 is 10.6 Å². The van der Waals surface area contributed by atoms with E-state index in [1.54, 1.807) is 49.1 Å². The molecule has 5 aromatic heterocycles. The fraction of sp³-hybridized carbons (Fsp3) is 0.200. The van der Waals surface area contributed by atoms with Gasteiger partial charge in [-0.2, -0.15) is 5.10 Å². The maximum Gasteiger partial charge on any atom is 0.224 e. The number of aromatic nitrogens is 7. The van der Waals surface area contributed by atoms with Crippen LogP contribution in [0.1, 0.15) is 19.3 Å². The second-order valence-corrected chi connectivity index (χ2v) is 10.2. The van der Waals surface area contributed by atoms with Crippen molar-refractivity contribution in [1.82, 2.24) is 40.4 Å². The van der Waals surface area contributed by atoms with E-state index in [4.69, 9.17) is 4.98 Å². The summed E-state index contributed by atoms with van der Waals surface area (Å²) < 4.78 is 14.6. The number of H-pyrrole nitrogens is 2. The van der Waals surface area contributed by atoms with E-state index in [0.29, 0.717) is 57.5 Å². The van der Waals surface area contributed by atoms with Gasteiger partial charge >= 0.3 is 0 Å². The van der Waals surface area contributed by atoms with Crippen LogP contribution >= 0.6 is 0 Å². The van der Waals surface area contributed by atoms with Gasteiger partial charge in [0, 0.05) is 41.7 Å². The number of carbonyl (C=O) groups is 1. The summed E-state index contributed by atoms with van der Waals surface area (Å²) in [6, 6.07) is 12.1. The first-order valence-electron chi connectivity index (χ1n) is 13.5. The number of nitrogens with zero attached hydrogens (tertiary/aromatic N) is 5. The Hall–Kier alpha value is -5.03. The number of halogens is 1. The summed E-state index contributed by atoms with van der Waals surface area (Å²) in [7, 11) is 0. The van der Waals surface area contributed by atoms with Crippen molar-refractivity contribution in [3.8, 4) is 33.9 Å². The second-order valence-electron chi connectivity index (χ2n) is 10.2. The normalized spacial score (nSPS) is 14.1. The molecule has 41 heavy (non-hydrogen) atoms. The molecule has 4 N–H and O–H groups in total. The van der Waals surface area contributed by atoms with E-state index < -0.39 is 0 Å². The van der Waals surface area contributed by atoms with Crippen LogP contribution in [0.4, 0.5) is 10.1 Å². The van der Waals surface area contributed by atoms with Crippen LogP contribution in [-0.2, 0) is 4.79 Å². The Balaban J connectivity index is 1.20. The van der Waals surface area contributed by atoms with E-state index in [1.165, 1.54) is 6.07 Å². The lowest BCUT2D eigenvalue weighted by atomic mass is 9.94. The van der Waals surface area contributed by atoms with Gasteiger partial charge in [0.15, 0.2) is 11.5 Å². The molecular formula is C30H26FN9O. The number of nitrogens with one attached hydrogen (secondary N) is 4. The minimum absolute atomic E-state index is 0.00400. The molecule has 1 aliphatic heterocycles. The predicted octanol–water partition coefficient (Wildman–Crippen LogP) is 5.09. The third-order valence-electron chi connectivity index (χ3n) is 7.46. The fourth-order valence-electron chi connectivity index (χ4n) is 5.37. The molecule has 0 spiro atoms. The largest absolute Gasteiger partial charge is 0.336 e. The number of imidazole rings is 1. The topological polar surface area (TPSA) is 137 Å². The van der Waals surface area contributed by atoms with Gasteiger partial charge in [-0.25, -0.2) is 14.4 Å². The number of hydrogen-bond donors (Lipinski definition) is 4. The summed E-state index contributed by atoms with van der Waals surface area (Å²) in [5.74, 6) is 0.535. The van der Waals surface area contributed by atoms with Gasteiger partial charge in [-0.3, -0.25) is 19.9 Å². The quantitative estimate of drug-likeness (QED) is 0.228. The monoisotopic (exact) mass is 547 g/mol. The highest BCUT2D eigenvalue weighted by Gasteiger charge is 2.19. The molecule has 1 aliphatic rings. The van der Waals surface area contributed by atoms with Gasteiger partial charge in [0.25, 0.3) is 0 Å². The Morgan fingerprint density at radius 1 is 1.00 bits per heavy atom. The standard InChI is InChI=1S/C30H26FN9O/c31-23-4-2-1-3-21(23)26-28-24(7-10-34-26)37-30(38-28)27-22-13-19(15-35-29(22)40-39-27)18-12-20(16-33-14-18)36-25(41)11-17-5-8-32-9-6-17/h1-4,7,10,12-17,32H,5-6,8-9,11H2,(H,36,41)(H,37,38)(H,35,39,40). The zero-order valence-corrected chi connectivity index (χ0v) is 22.0. The first kappa shape index (κ1) is 25.0. The number of benzene rings is 1. The number of carbonyl (C=O) groups excluding carboxylic acids is 1. The molecule has 0 unspecified atom stereocenters. The number of amides is 1. The number of rotatable bonds is 6. The Bertz CT molecular complexity index is 1890. The predicted molar refractivity (Wildman–Crippen MR) is 154 cm³/mol. The van der Waals surface area contributed by atoms with Crippen molar-refractivity contribution in [3.63, 3.8) is 0 Å². The van der Waals surface area contributed by atoms with Crippen LogP contribution in [0, 0.1) is 11.7 Å². The highest BCUT2D eigenvalue weighted by molar-refractivity contribution is 5.96. The summed E-state index contributed by atoms with van der Waals surface area (Å²) in [6.45, 7) is 1.91. The number of aromatic amines is 2. The van der Waals surface area contributed by atoms with Gasteiger partial charge < -0.3 is 15.6 Å². The molecule has 0 bridgehead atoms. The first-order chi connectivity index (χ1) is 20.1. The molecule has 0 atom stereocenters. The molecule has 10 nitrogen and oxygen atoms in total. The third kappa shape index (κ3) is 4.91. The molecule has 1 saturated heterocycles. The van der Waals surface area contributed by atoms with Gasteiger partial charge in [0.1, 0.15) is 22.7 Å². The zero-order valence-electron chi connectivity index (χ0n) is 22.0. The van der Waals surface area contributed by atoms with Crippen molar-refractivity contribution in [2.45, 2.75) is 19.3 Å². The van der Waals surface area contributed by atoms with E-state index in [0.717, 1.165) is 42.4 Å². The molecular weight excluding hydrogens is 521 g/mol. The Labute approximate surface area is 233 Å². The van der Waals surface area contributed by atoms with E-state index in [9.17, 15) is 9.18 Å². The van der Waals surface area contributed by atoms with Crippen LogP contribution in [0.3, 0.4) is 0 Å². The Morgan fingerprint density at radius 2 is 1.85 bits per heavy atom. The summed E-state index contributed by atoms with van der Waals surface area (Å²) in [4.78, 5) is 34.0. The number of pyridine rings is 3. The molecule has 6 heterocycles. The molecule has 0 aliphatic carbocycles. The van der Waals surface area contributed by atoms with Crippen LogP contribution in [0.25, 0.3) is 56.0 Å². The highest BCUT2D eigenvalue weighted by atomic mass is 19.1. The smallest absolute Gasteiger partial charge is 0.224 e. The van der Waals surface area contributed by atoms with Crippen LogP contribution in [0.2, 0.25) is 0 Å². The van der Waals surface area contributed by atoms with Crippen molar-refractivity contribution in [2.24, 2.45) is 5.92 Å². The maximum atomic E-state index is 14.6. The Morgan fingerprint density at radius 3 is 2.73 bits per heavy atom. The first-order valence-corrected chi connectivity index (χ1v) is 13.5. The number of anilines is 1. The molecule has 204 valence electrons. The lowest BCUT2D eigenvalue weighted by Gasteiger charge is -2.21. The van der Waals surface area contributed by atoms with Crippen LogP contribution in [0.5, 0.6) is 0 Å². The van der Waals surface area contributed by atoms with Crippen molar-refractivity contribution in [3.05, 3.63) is 73.1 Å². The minimum atomic E-state index is -0.366. The maximum absolute atomic E-state index is 14.6. The summed E-state index contributed by atoms with van der Waals surface area (Å²) in [6.07, 6.45) is 9.27. The second kappa shape index (κ2) is 10.5. The van der Waals surface area contributed by atoms with Gasteiger partial charge in [0.2, 0.25) is 5.91 Å². The van der Waals surface area contributed by atoms with Gasteiger partial charge in [0.05, 0.1) is 22.8 Å². The SMILES string of the molecule is O=C(CC1CCNCC1)Nc1cncc(-c2cnc3[nH]nc(-c4nc5c(-c6ccccc6F)nccc5[nH]4)c3c2)c1. The minimum Gasteiger partial charge on any atom is -0.336 e. The average molecular weight is 548 g/mol. The van der Waals surface area contributed by atoms with E-state index in [2.05, 4.69) is 40.8 Å². The van der Waals surface area contributed by atoms with Gasteiger partial charge in [-0.1, -0.05) is 12.1 Å². The van der Waals surface area contributed by atoms with Gasteiger partial charge in [-0.05, 0) is 62.2 Å².